The average Bonchev–Trinajstić information content (AvgIpc) is 2.40. The van der Waals surface area contributed by atoms with E-state index in [0.717, 1.165) is 4.47 Å². The number of carboxylic acid groups (broad SMARTS) is 1. The first-order chi connectivity index (χ1) is 9.88. The standard InChI is InChI=1S/C14H9BrClNO4/c15-8-2-3-9(10(16)6-8)13(19)17-11-5-7(14(20)21)1-4-12(11)18/h1-6,18H,(H,17,19)(H,20,21). The molecule has 0 unspecified atom stereocenters. The third-order valence-electron chi connectivity index (χ3n) is 2.67. The lowest BCUT2D eigenvalue weighted by Crippen LogP contribution is -2.13. The molecule has 3 N–H and O–H groups in total. The molecule has 0 aromatic heterocycles. The number of aromatic hydroxyl groups is 1. The molecule has 0 saturated heterocycles. The largest absolute Gasteiger partial charge is 0.506 e. The molecule has 7 heteroatoms. The summed E-state index contributed by atoms with van der Waals surface area (Å²) < 4.78 is 0.722. The van der Waals surface area contributed by atoms with E-state index < -0.39 is 11.9 Å². The van der Waals surface area contributed by atoms with Crippen LogP contribution in [0.4, 0.5) is 5.69 Å². The minimum absolute atomic E-state index is 0.00103. The van der Waals surface area contributed by atoms with E-state index in [0.29, 0.717) is 0 Å². The maximum absolute atomic E-state index is 12.1. The molecule has 2 rings (SSSR count). The van der Waals surface area contributed by atoms with Gasteiger partial charge in [0.05, 0.1) is 21.8 Å². The van der Waals surface area contributed by atoms with Gasteiger partial charge in [0.15, 0.2) is 0 Å². The Bertz CT molecular complexity index is 733. The molecule has 2 aromatic rings. The van der Waals surface area contributed by atoms with Crippen molar-refractivity contribution in [2.75, 3.05) is 5.32 Å². The fourth-order valence-electron chi connectivity index (χ4n) is 1.63. The topological polar surface area (TPSA) is 86.6 Å². The minimum atomic E-state index is -1.16. The molecular weight excluding hydrogens is 362 g/mol. The van der Waals surface area contributed by atoms with E-state index >= 15 is 0 Å². The average molecular weight is 371 g/mol. The summed E-state index contributed by atoms with van der Waals surface area (Å²) in [5, 5.41) is 21.2. The first kappa shape index (κ1) is 15.3. The van der Waals surface area contributed by atoms with Gasteiger partial charge in [-0.25, -0.2) is 4.79 Å². The van der Waals surface area contributed by atoms with Crippen molar-refractivity contribution < 1.29 is 19.8 Å². The number of anilines is 1. The zero-order valence-corrected chi connectivity index (χ0v) is 12.8. The fourth-order valence-corrected chi connectivity index (χ4v) is 2.39. The number of rotatable bonds is 3. The lowest BCUT2D eigenvalue weighted by atomic mass is 10.1. The number of carboxylic acids is 1. The Morgan fingerprint density at radius 2 is 1.86 bits per heavy atom. The molecule has 0 aliphatic rings. The maximum atomic E-state index is 12.1. The summed E-state index contributed by atoms with van der Waals surface area (Å²) in [6, 6.07) is 8.32. The number of phenolic OH excluding ortho intramolecular Hbond substituents is 1. The highest BCUT2D eigenvalue weighted by Crippen LogP contribution is 2.27. The number of hydrogen-bond donors (Lipinski definition) is 3. The van der Waals surface area contributed by atoms with Crippen LogP contribution in [0.2, 0.25) is 5.02 Å². The summed E-state index contributed by atoms with van der Waals surface area (Å²) in [5.74, 6) is -1.95. The highest BCUT2D eigenvalue weighted by atomic mass is 79.9. The summed E-state index contributed by atoms with van der Waals surface area (Å²) in [6.07, 6.45) is 0. The molecule has 0 spiro atoms. The highest BCUT2D eigenvalue weighted by molar-refractivity contribution is 9.10. The normalized spacial score (nSPS) is 10.2. The van der Waals surface area contributed by atoms with Gasteiger partial charge in [-0.2, -0.15) is 0 Å². The van der Waals surface area contributed by atoms with Crippen LogP contribution in [0.15, 0.2) is 40.9 Å². The van der Waals surface area contributed by atoms with Crippen LogP contribution in [-0.2, 0) is 0 Å². The zero-order chi connectivity index (χ0) is 15.6. The van der Waals surface area contributed by atoms with Gasteiger partial charge < -0.3 is 15.5 Å². The van der Waals surface area contributed by atoms with Crippen molar-refractivity contribution in [2.45, 2.75) is 0 Å². The number of nitrogens with one attached hydrogen (secondary N) is 1. The summed E-state index contributed by atoms with van der Waals surface area (Å²) in [6.45, 7) is 0. The third-order valence-corrected chi connectivity index (χ3v) is 3.47. The quantitative estimate of drug-likeness (QED) is 0.718. The molecule has 0 aliphatic heterocycles. The number of amides is 1. The molecule has 0 heterocycles. The van der Waals surface area contributed by atoms with Gasteiger partial charge in [0.1, 0.15) is 5.75 Å². The SMILES string of the molecule is O=C(O)c1ccc(O)c(NC(=O)c2ccc(Br)cc2Cl)c1. The molecule has 0 atom stereocenters. The summed E-state index contributed by atoms with van der Waals surface area (Å²) in [5.41, 5.74) is 0.156. The molecular formula is C14H9BrClNO4. The molecule has 0 bridgehead atoms. The van der Waals surface area contributed by atoms with Gasteiger partial charge in [-0.3, -0.25) is 4.79 Å². The molecule has 0 aliphatic carbocycles. The van der Waals surface area contributed by atoms with Crippen molar-refractivity contribution >= 4 is 45.1 Å². The Hall–Kier alpha value is -2.05. The van der Waals surface area contributed by atoms with Crippen molar-refractivity contribution in [3.05, 3.63) is 57.0 Å². The Morgan fingerprint density at radius 3 is 2.48 bits per heavy atom. The van der Waals surface area contributed by atoms with Gasteiger partial charge in [-0.15, -0.1) is 0 Å². The van der Waals surface area contributed by atoms with E-state index in [2.05, 4.69) is 21.2 Å². The van der Waals surface area contributed by atoms with E-state index in [1.807, 2.05) is 0 Å². The smallest absolute Gasteiger partial charge is 0.335 e. The van der Waals surface area contributed by atoms with Crippen molar-refractivity contribution in [3.8, 4) is 5.75 Å². The Labute approximate surface area is 133 Å². The van der Waals surface area contributed by atoms with Crippen LogP contribution in [0.1, 0.15) is 20.7 Å². The molecule has 2 aromatic carbocycles. The number of benzene rings is 2. The molecule has 1 amide bonds. The molecule has 5 nitrogen and oxygen atoms in total. The van der Waals surface area contributed by atoms with E-state index in [-0.39, 0.29) is 27.6 Å². The van der Waals surface area contributed by atoms with Crippen LogP contribution in [0.5, 0.6) is 5.75 Å². The summed E-state index contributed by atoms with van der Waals surface area (Å²) in [7, 11) is 0. The van der Waals surface area contributed by atoms with Crippen LogP contribution in [0, 0.1) is 0 Å². The highest BCUT2D eigenvalue weighted by Gasteiger charge is 2.14. The molecule has 0 saturated carbocycles. The number of phenols is 1. The van der Waals surface area contributed by atoms with Gasteiger partial charge in [0.2, 0.25) is 0 Å². The van der Waals surface area contributed by atoms with Gasteiger partial charge in [-0.1, -0.05) is 27.5 Å². The fraction of sp³-hybridized carbons (Fsp3) is 0. The van der Waals surface area contributed by atoms with Crippen molar-refractivity contribution in [1.82, 2.24) is 0 Å². The van der Waals surface area contributed by atoms with Crippen molar-refractivity contribution in [3.63, 3.8) is 0 Å². The lowest BCUT2D eigenvalue weighted by molar-refractivity contribution is 0.0696. The first-order valence-corrected chi connectivity index (χ1v) is 6.88. The van der Waals surface area contributed by atoms with E-state index in [1.165, 1.54) is 24.3 Å². The molecule has 21 heavy (non-hydrogen) atoms. The minimum Gasteiger partial charge on any atom is -0.506 e. The monoisotopic (exact) mass is 369 g/mol. The lowest BCUT2D eigenvalue weighted by Gasteiger charge is -2.09. The predicted octanol–water partition coefficient (Wildman–Crippen LogP) is 3.76. The number of halogens is 2. The second-order valence-corrected chi connectivity index (χ2v) is 5.44. The van der Waals surface area contributed by atoms with Crippen LogP contribution in [0.3, 0.4) is 0 Å². The van der Waals surface area contributed by atoms with Gasteiger partial charge in [0.25, 0.3) is 5.91 Å². The van der Waals surface area contributed by atoms with Gasteiger partial charge >= 0.3 is 5.97 Å². The third kappa shape index (κ3) is 3.53. The number of carbonyl (C=O) groups excluding carboxylic acids is 1. The molecule has 108 valence electrons. The molecule has 0 fully saturated rings. The Balaban J connectivity index is 2.31. The van der Waals surface area contributed by atoms with Crippen molar-refractivity contribution in [2.24, 2.45) is 0 Å². The van der Waals surface area contributed by atoms with Crippen LogP contribution >= 0.6 is 27.5 Å². The summed E-state index contributed by atoms with van der Waals surface area (Å²) >= 11 is 9.19. The van der Waals surface area contributed by atoms with E-state index in [4.69, 9.17) is 16.7 Å². The van der Waals surface area contributed by atoms with Crippen molar-refractivity contribution in [1.29, 1.82) is 0 Å². The van der Waals surface area contributed by atoms with E-state index in [9.17, 15) is 14.7 Å². The second kappa shape index (κ2) is 6.15. The van der Waals surface area contributed by atoms with Crippen LogP contribution < -0.4 is 5.32 Å². The Kier molecular flexibility index (Phi) is 4.50. The van der Waals surface area contributed by atoms with E-state index in [1.54, 1.807) is 12.1 Å². The van der Waals surface area contributed by atoms with Gasteiger partial charge in [-0.05, 0) is 36.4 Å². The molecule has 0 radical (unpaired) electrons. The Morgan fingerprint density at radius 1 is 1.14 bits per heavy atom. The maximum Gasteiger partial charge on any atom is 0.335 e. The van der Waals surface area contributed by atoms with Crippen LogP contribution in [-0.4, -0.2) is 22.1 Å². The number of aromatic carboxylic acids is 1. The van der Waals surface area contributed by atoms with Gasteiger partial charge in [0, 0.05) is 4.47 Å². The zero-order valence-electron chi connectivity index (χ0n) is 10.4. The second-order valence-electron chi connectivity index (χ2n) is 4.12. The van der Waals surface area contributed by atoms with Crippen LogP contribution in [0.25, 0.3) is 0 Å². The first-order valence-electron chi connectivity index (χ1n) is 5.71. The predicted molar refractivity (Wildman–Crippen MR) is 82.2 cm³/mol. The summed E-state index contributed by atoms with van der Waals surface area (Å²) in [4.78, 5) is 23.0. The number of carbonyl (C=O) groups is 2. The number of hydrogen-bond acceptors (Lipinski definition) is 3.